The van der Waals surface area contributed by atoms with Crippen molar-refractivity contribution < 1.29 is 14.6 Å². The molecule has 1 heterocycles. The van der Waals surface area contributed by atoms with Gasteiger partial charge in [-0.25, -0.2) is 0 Å². The Balaban J connectivity index is 2.12. The molecule has 1 aromatic heterocycles. The predicted molar refractivity (Wildman–Crippen MR) is 80.5 cm³/mol. The highest BCUT2D eigenvalue weighted by Gasteiger charge is 2.20. The fraction of sp³-hybridized carbons (Fsp3) is 0.294. The minimum atomic E-state index is -0.795. The van der Waals surface area contributed by atoms with Gasteiger partial charge in [0.25, 0.3) is 0 Å². The van der Waals surface area contributed by atoms with Crippen LogP contribution in [-0.2, 0) is 17.6 Å². The van der Waals surface area contributed by atoms with Gasteiger partial charge >= 0.3 is 5.97 Å². The number of benzene rings is 1. The SMILES string of the molecule is COc1ccc(CC(Cc2ncccc2C)C(=O)O)cc1. The Hall–Kier alpha value is -2.36. The van der Waals surface area contributed by atoms with Crippen molar-refractivity contribution in [1.29, 1.82) is 0 Å². The third kappa shape index (κ3) is 4.05. The van der Waals surface area contributed by atoms with Crippen LogP contribution in [0.15, 0.2) is 42.6 Å². The van der Waals surface area contributed by atoms with Crippen LogP contribution in [0.3, 0.4) is 0 Å². The monoisotopic (exact) mass is 285 g/mol. The van der Waals surface area contributed by atoms with Crippen LogP contribution in [-0.4, -0.2) is 23.2 Å². The molecule has 2 aromatic rings. The fourth-order valence-corrected chi connectivity index (χ4v) is 2.26. The van der Waals surface area contributed by atoms with Crippen LogP contribution < -0.4 is 4.74 Å². The predicted octanol–water partition coefficient (Wildman–Crippen LogP) is 2.88. The first-order valence-corrected chi connectivity index (χ1v) is 6.86. The molecule has 1 aromatic carbocycles. The zero-order valence-corrected chi connectivity index (χ0v) is 12.2. The lowest BCUT2D eigenvalue weighted by Crippen LogP contribution is -2.20. The summed E-state index contributed by atoms with van der Waals surface area (Å²) in [4.78, 5) is 15.8. The van der Waals surface area contributed by atoms with Crippen molar-refractivity contribution in [3.63, 3.8) is 0 Å². The smallest absolute Gasteiger partial charge is 0.307 e. The van der Waals surface area contributed by atoms with Crippen LogP contribution in [0.25, 0.3) is 0 Å². The van der Waals surface area contributed by atoms with Gasteiger partial charge in [-0.05, 0) is 42.7 Å². The Morgan fingerprint density at radius 1 is 1.24 bits per heavy atom. The summed E-state index contributed by atoms with van der Waals surface area (Å²) in [5.41, 5.74) is 2.86. The number of pyridine rings is 1. The van der Waals surface area contributed by atoms with Gasteiger partial charge in [0.05, 0.1) is 13.0 Å². The van der Waals surface area contributed by atoms with Gasteiger partial charge in [-0.15, -0.1) is 0 Å². The van der Waals surface area contributed by atoms with Gasteiger partial charge in [-0.2, -0.15) is 0 Å². The summed E-state index contributed by atoms with van der Waals surface area (Å²) in [6.07, 6.45) is 2.62. The lowest BCUT2D eigenvalue weighted by atomic mass is 9.93. The molecule has 21 heavy (non-hydrogen) atoms. The minimum absolute atomic E-state index is 0.439. The van der Waals surface area contributed by atoms with Gasteiger partial charge in [-0.3, -0.25) is 9.78 Å². The molecule has 2 rings (SSSR count). The maximum absolute atomic E-state index is 11.5. The first-order chi connectivity index (χ1) is 10.1. The Morgan fingerprint density at radius 3 is 2.52 bits per heavy atom. The molecule has 0 saturated carbocycles. The number of carbonyl (C=O) groups is 1. The molecule has 0 amide bonds. The van der Waals surface area contributed by atoms with Gasteiger partial charge in [-0.1, -0.05) is 18.2 Å². The molecule has 0 radical (unpaired) electrons. The third-order valence-electron chi connectivity index (χ3n) is 3.55. The van der Waals surface area contributed by atoms with Gasteiger partial charge in [0.15, 0.2) is 0 Å². The van der Waals surface area contributed by atoms with Crippen LogP contribution >= 0.6 is 0 Å². The average Bonchev–Trinajstić information content (AvgIpc) is 2.49. The number of aromatic nitrogens is 1. The second-order valence-corrected chi connectivity index (χ2v) is 5.06. The van der Waals surface area contributed by atoms with Crippen LogP contribution in [0.1, 0.15) is 16.8 Å². The van der Waals surface area contributed by atoms with Gasteiger partial charge in [0.1, 0.15) is 5.75 Å². The number of ether oxygens (including phenoxy) is 1. The van der Waals surface area contributed by atoms with E-state index in [1.807, 2.05) is 43.3 Å². The number of carboxylic acids is 1. The quantitative estimate of drug-likeness (QED) is 0.886. The normalized spacial score (nSPS) is 11.9. The topological polar surface area (TPSA) is 59.4 Å². The van der Waals surface area contributed by atoms with E-state index >= 15 is 0 Å². The van der Waals surface area contributed by atoms with Crippen LogP contribution in [0.4, 0.5) is 0 Å². The second kappa shape index (κ2) is 6.88. The lowest BCUT2D eigenvalue weighted by Gasteiger charge is -2.13. The number of aryl methyl sites for hydroxylation is 1. The van der Waals surface area contributed by atoms with Crippen molar-refractivity contribution >= 4 is 5.97 Å². The summed E-state index contributed by atoms with van der Waals surface area (Å²) in [6, 6.07) is 11.3. The molecule has 4 heteroatoms. The summed E-state index contributed by atoms with van der Waals surface area (Å²) in [7, 11) is 1.61. The Morgan fingerprint density at radius 2 is 1.95 bits per heavy atom. The molecule has 4 nitrogen and oxygen atoms in total. The summed E-state index contributed by atoms with van der Waals surface area (Å²) in [5.74, 6) is -0.505. The van der Waals surface area contributed by atoms with Gasteiger partial charge in [0, 0.05) is 18.3 Å². The van der Waals surface area contributed by atoms with Gasteiger partial charge < -0.3 is 9.84 Å². The maximum Gasteiger partial charge on any atom is 0.307 e. The number of aliphatic carboxylic acids is 1. The summed E-state index contributed by atoms with van der Waals surface area (Å²) < 4.78 is 5.11. The number of rotatable bonds is 6. The summed E-state index contributed by atoms with van der Waals surface area (Å²) >= 11 is 0. The molecular weight excluding hydrogens is 266 g/mol. The highest BCUT2D eigenvalue weighted by atomic mass is 16.5. The van der Waals surface area contributed by atoms with E-state index in [9.17, 15) is 9.90 Å². The first kappa shape index (κ1) is 15.0. The third-order valence-corrected chi connectivity index (χ3v) is 3.55. The van der Waals surface area contributed by atoms with Crippen LogP contribution in [0.2, 0.25) is 0 Å². The molecule has 0 fully saturated rings. The summed E-state index contributed by atoms with van der Waals surface area (Å²) in [5, 5.41) is 9.44. The molecule has 0 bridgehead atoms. The molecule has 0 aliphatic rings. The highest BCUT2D eigenvalue weighted by Crippen LogP contribution is 2.18. The Kier molecular flexibility index (Phi) is 4.93. The molecular formula is C17H19NO3. The van der Waals surface area contributed by atoms with Crippen molar-refractivity contribution in [3.8, 4) is 5.75 Å². The van der Waals surface area contributed by atoms with E-state index in [0.29, 0.717) is 12.8 Å². The molecule has 1 N–H and O–H groups in total. The largest absolute Gasteiger partial charge is 0.497 e. The molecule has 0 aliphatic heterocycles. The van der Waals surface area contributed by atoms with Gasteiger partial charge in [0.2, 0.25) is 0 Å². The average molecular weight is 285 g/mol. The minimum Gasteiger partial charge on any atom is -0.497 e. The number of hydrogen-bond donors (Lipinski definition) is 1. The second-order valence-electron chi connectivity index (χ2n) is 5.06. The van der Waals surface area contributed by atoms with Crippen molar-refractivity contribution in [2.75, 3.05) is 7.11 Å². The zero-order chi connectivity index (χ0) is 15.2. The van der Waals surface area contributed by atoms with E-state index < -0.39 is 11.9 Å². The van der Waals surface area contributed by atoms with E-state index in [1.54, 1.807) is 13.3 Å². The van der Waals surface area contributed by atoms with Crippen molar-refractivity contribution in [3.05, 3.63) is 59.4 Å². The van der Waals surface area contributed by atoms with Crippen LogP contribution in [0.5, 0.6) is 5.75 Å². The lowest BCUT2D eigenvalue weighted by molar-refractivity contribution is -0.141. The van der Waals surface area contributed by atoms with Crippen molar-refractivity contribution in [2.45, 2.75) is 19.8 Å². The van der Waals surface area contributed by atoms with Crippen LogP contribution in [0, 0.1) is 12.8 Å². The highest BCUT2D eigenvalue weighted by molar-refractivity contribution is 5.70. The van der Waals surface area contributed by atoms with Crippen molar-refractivity contribution in [2.24, 2.45) is 5.92 Å². The standard InChI is InChI=1S/C17H19NO3/c1-12-4-3-9-18-16(12)11-14(17(19)20)10-13-5-7-15(21-2)8-6-13/h3-9,14H,10-11H2,1-2H3,(H,19,20). The van der Waals surface area contributed by atoms with E-state index in [-0.39, 0.29) is 0 Å². The molecule has 110 valence electrons. The molecule has 0 saturated heterocycles. The number of hydrogen-bond acceptors (Lipinski definition) is 3. The fourth-order valence-electron chi connectivity index (χ4n) is 2.26. The number of carboxylic acid groups (broad SMARTS) is 1. The van der Waals surface area contributed by atoms with E-state index in [4.69, 9.17) is 4.74 Å². The van der Waals surface area contributed by atoms with E-state index in [0.717, 1.165) is 22.6 Å². The molecule has 1 atom stereocenters. The zero-order valence-electron chi connectivity index (χ0n) is 12.2. The molecule has 0 aliphatic carbocycles. The molecule has 0 spiro atoms. The first-order valence-electron chi connectivity index (χ1n) is 6.86. The molecule has 1 unspecified atom stereocenters. The summed E-state index contributed by atoms with van der Waals surface area (Å²) in [6.45, 7) is 1.95. The number of nitrogens with zero attached hydrogens (tertiary/aromatic N) is 1. The van der Waals surface area contributed by atoms with E-state index in [1.165, 1.54) is 0 Å². The number of methoxy groups -OCH3 is 1. The Labute approximate surface area is 124 Å². The Bertz CT molecular complexity index is 608. The maximum atomic E-state index is 11.5. The van der Waals surface area contributed by atoms with Crippen molar-refractivity contribution in [1.82, 2.24) is 4.98 Å². The van der Waals surface area contributed by atoms with E-state index in [2.05, 4.69) is 4.98 Å².